The Kier molecular flexibility index (Phi) is 3.85. The second kappa shape index (κ2) is 4.85. The van der Waals surface area contributed by atoms with E-state index in [1.54, 1.807) is 6.92 Å². The van der Waals surface area contributed by atoms with Crippen LogP contribution in [0.1, 0.15) is 24.5 Å². The molecule has 0 saturated carbocycles. The van der Waals surface area contributed by atoms with Gasteiger partial charge in [-0.25, -0.2) is 4.79 Å². The van der Waals surface area contributed by atoms with Crippen molar-refractivity contribution in [1.29, 1.82) is 0 Å². The number of carboxylic acid groups (broad SMARTS) is 1. The summed E-state index contributed by atoms with van der Waals surface area (Å²) >= 11 is 0. The van der Waals surface area contributed by atoms with E-state index in [4.69, 9.17) is 10.8 Å². The lowest BCUT2D eigenvalue weighted by atomic mass is 9.95. The number of hydrogen-bond donors (Lipinski definition) is 3. The molecule has 1 aromatic rings. The summed E-state index contributed by atoms with van der Waals surface area (Å²) in [6.45, 7) is 1.58. The lowest BCUT2D eigenvalue weighted by Gasteiger charge is -2.29. The van der Waals surface area contributed by atoms with E-state index in [1.165, 1.54) is 12.1 Å². The van der Waals surface area contributed by atoms with Gasteiger partial charge in [0, 0.05) is 0 Å². The van der Waals surface area contributed by atoms with Crippen LogP contribution in [0.25, 0.3) is 0 Å². The van der Waals surface area contributed by atoms with Crippen LogP contribution in [0.2, 0.25) is 0 Å². The van der Waals surface area contributed by atoms with E-state index in [0.717, 1.165) is 12.1 Å². The minimum absolute atomic E-state index is 0.0715. The number of nitrogens with two attached hydrogens (primary N) is 1. The van der Waals surface area contributed by atoms with Crippen molar-refractivity contribution in [2.45, 2.75) is 25.2 Å². The van der Waals surface area contributed by atoms with Crippen molar-refractivity contribution in [3.8, 4) is 0 Å². The van der Waals surface area contributed by atoms with Crippen molar-refractivity contribution in [3.05, 3.63) is 35.4 Å². The smallest absolute Gasteiger partial charge is 0.416 e. The molecule has 1 aromatic carbocycles. The summed E-state index contributed by atoms with van der Waals surface area (Å²) in [5.41, 5.74) is 3.44. The van der Waals surface area contributed by atoms with Gasteiger partial charge in [-0.2, -0.15) is 13.2 Å². The van der Waals surface area contributed by atoms with Crippen molar-refractivity contribution in [1.82, 2.24) is 5.32 Å². The number of carbonyl (C=O) groups is 1. The van der Waals surface area contributed by atoms with Crippen LogP contribution < -0.4 is 11.1 Å². The molecule has 0 heterocycles. The first-order chi connectivity index (χ1) is 8.19. The standard InChI is InChI=1S/C11H13F3N2O2/c1-2-10(15,16-9(17)18)7-4-3-5-8(6-7)11(12,13)14/h3-6,16H,2,15H2,1H3,(H,17,18). The van der Waals surface area contributed by atoms with Crippen LogP contribution >= 0.6 is 0 Å². The summed E-state index contributed by atoms with van der Waals surface area (Å²) in [6, 6.07) is 4.30. The summed E-state index contributed by atoms with van der Waals surface area (Å²) in [6.07, 6.45) is -5.76. The maximum Gasteiger partial charge on any atom is 0.416 e. The Morgan fingerprint density at radius 2 is 1.94 bits per heavy atom. The first kappa shape index (κ1) is 14.3. The van der Waals surface area contributed by atoms with Crippen molar-refractivity contribution < 1.29 is 23.1 Å². The molecule has 0 fully saturated rings. The second-order valence-corrected chi connectivity index (χ2v) is 3.83. The lowest BCUT2D eigenvalue weighted by Crippen LogP contribution is -2.52. The number of nitrogens with one attached hydrogen (secondary N) is 1. The Balaban J connectivity index is 3.19. The van der Waals surface area contributed by atoms with Gasteiger partial charge in [0.05, 0.1) is 5.56 Å². The zero-order chi connectivity index (χ0) is 14.0. The van der Waals surface area contributed by atoms with Crippen LogP contribution in [-0.2, 0) is 11.8 Å². The normalized spacial score (nSPS) is 14.9. The maximum atomic E-state index is 12.5. The minimum Gasteiger partial charge on any atom is -0.465 e. The fourth-order valence-corrected chi connectivity index (χ4v) is 1.53. The average Bonchev–Trinajstić information content (AvgIpc) is 2.27. The molecule has 4 N–H and O–H groups in total. The van der Waals surface area contributed by atoms with Gasteiger partial charge in [-0.15, -0.1) is 0 Å². The number of rotatable bonds is 3. The quantitative estimate of drug-likeness (QED) is 0.732. The lowest BCUT2D eigenvalue weighted by molar-refractivity contribution is -0.137. The van der Waals surface area contributed by atoms with Crippen LogP contribution in [0, 0.1) is 0 Å². The molecule has 0 aromatic heterocycles. The molecular weight excluding hydrogens is 249 g/mol. The van der Waals surface area contributed by atoms with E-state index >= 15 is 0 Å². The Labute approximate surface area is 102 Å². The first-order valence-electron chi connectivity index (χ1n) is 5.17. The highest BCUT2D eigenvalue weighted by Crippen LogP contribution is 2.31. The number of alkyl halides is 3. The molecule has 7 heteroatoms. The summed E-state index contributed by atoms with van der Waals surface area (Å²) in [5.74, 6) is 0. The van der Waals surface area contributed by atoms with Gasteiger partial charge in [0.1, 0.15) is 5.66 Å². The highest BCUT2D eigenvalue weighted by Gasteiger charge is 2.33. The summed E-state index contributed by atoms with van der Waals surface area (Å²) in [4.78, 5) is 10.6. The van der Waals surface area contributed by atoms with E-state index < -0.39 is 23.5 Å². The van der Waals surface area contributed by atoms with Gasteiger partial charge < -0.3 is 10.8 Å². The Morgan fingerprint density at radius 3 is 2.39 bits per heavy atom. The van der Waals surface area contributed by atoms with Gasteiger partial charge in [-0.3, -0.25) is 5.32 Å². The molecule has 0 radical (unpaired) electrons. The summed E-state index contributed by atoms with van der Waals surface area (Å²) in [5, 5.41) is 10.7. The molecule has 0 aliphatic heterocycles. The predicted octanol–water partition coefficient (Wildman–Crippen LogP) is 2.49. The molecule has 1 unspecified atom stereocenters. The molecule has 0 aliphatic carbocycles. The van der Waals surface area contributed by atoms with Crippen molar-refractivity contribution in [3.63, 3.8) is 0 Å². The van der Waals surface area contributed by atoms with Crippen LogP contribution in [0.4, 0.5) is 18.0 Å². The number of amides is 1. The van der Waals surface area contributed by atoms with Crippen LogP contribution in [0.5, 0.6) is 0 Å². The Hall–Kier alpha value is -1.76. The zero-order valence-electron chi connectivity index (χ0n) is 9.58. The Morgan fingerprint density at radius 1 is 1.39 bits per heavy atom. The van der Waals surface area contributed by atoms with E-state index in [0.29, 0.717) is 0 Å². The minimum atomic E-state index is -4.49. The topological polar surface area (TPSA) is 75.3 Å². The zero-order valence-corrected chi connectivity index (χ0v) is 9.58. The SMILES string of the molecule is CCC(N)(NC(=O)O)c1cccc(C(F)(F)F)c1. The maximum absolute atomic E-state index is 12.5. The number of hydrogen-bond acceptors (Lipinski definition) is 2. The van der Waals surface area contributed by atoms with Gasteiger partial charge in [0.2, 0.25) is 0 Å². The summed E-state index contributed by atoms with van der Waals surface area (Å²) in [7, 11) is 0. The van der Waals surface area contributed by atoms with Crippen LogP contribution in [0.15, 0.2) is 24.3 Å². The first-order valence-corrected chi connectivity index (χ1v) is 5.17. The molecule has 1 atom stereocenters. The van der Waals surface area contributed by atoms with E-state index in [9.17, 15) is 18.0 Å². The van der Waals surface area contributed by atoms with Gasteiger partial charge in [0.15, 0.2) is 0 Å². The van der Waals surface area contributed by atoms with Crippen molar-refractivity contribution in [2.75, 3.05) is 0 Å². The van der Waals surface area contributed by atoms with Gasteiger partial charge in [-0.05, 0) is 24.1 Å². The Bertz CT molecular complexity index is 448. The molecule has 0 bridgehead atoms. The summed E-state index contributed by atoms with van der Waals surface area (Å²) < 4.78 is 37.6. The molecule has 0 saturated heterocycles. The third-order valence-electron chi connectivity index (χ3n) is 2.59. The highest BCUT2D eigenvalue weighted by molar-refractivity contribution is 5.66. The fraction of sp³-hybridized carbons (Fsp3) is 0.364. The molecule has 100 valence electrons. The monoisotopic (exact) mass is 262 g/mol. The molecule has 1 amide bonds. The fourth-order valence-electron chi connectivity index (χ4n) is 1.53. The second-order valence-electron chi connectivity index (χ2n) is 3.83. The van der Waals surface area contributed by atoms with Crippen molar-refractivity contribution in [2.24, 2.45) is 5.73 Å². The van der Waals surface area contributed by atoms with E-state index in [-0.39, 0.29) is 12.0 Å². The third-order valence-corrected chi connectivity index (χ3v) is 2.59. The van der Waals surface area contributed by atoms with Gasteiger partial charge >= 0.3 is 12.3 Å². The molecule has 18 heavy (non-hydrogen) atoms. The van der Waals surface area contributed by atoms with Crippen LogP contribution in [0.3, 0.4) is 0 Å². The molecule has 1 rings (SSSR count). The van der Waals surface area contributed by atoms with Gasteiger partial charge in [-0.1, -0.05) is 19.1 Å². The number of halogens is 3. The van der Waals surface area contributed by atoms with E-state index in [1.807, 2.05) is 5.32 Å². The molecule has 0 aliphatic rings. The average molecular weight is 262 g/mol. The highest BCUT2D eigenvalue weighted by atomic mass is 19.4. The van der Waals surface area contributed by atoms with Gasteiger partial charge in [0.25, 0.3) is 0 Å². The largest absolute Gasteiger partial charge is 0.465 e. The van der Waals surface area contributed by atoms with E-state index in [2.05, 4.69) is 0 Å². The molecule has 0 spiro atoms. The third kappa shape index (κ3) is 3.13. The molecular formula is C11H13F3N2O2. The molecule has 4 nitrogen and oxygen atoms in total. The van der Waals surface area contributed by atoms with Crippen LogP contribution in [-0.4, -0.2) is 11.2 Å². The van der Waals surface area contributed by atoms with Crippen molar-refractivity contribution >= 4 is 6.09 Å². The predicted molar refractivity (Wildman–Crippen MR) is 58.8 cm³/mol. The number of benzene rings is 1.